The van der Waals surface area contributed by atoms with Gasteiger partial charge in [-0.1, -0.05) is 35.4 Å². The number of aliphatic hydroxyl groups is 1. The largest absolute Gasteiger partial charge is 0.388 e. The molecule has 0 aliphatic carbocycles. The molecule has 104 valence electrons. The van der Waals surface area contributed by atoms with Gasteiger partial charge in [-0.05, 0) is 37.1 Å². The maximum Gasteiger partial charge on any atom is 0.222 e. The monoisotopic (exact) mass is 301 g/mol. The van der Waals surface area contributed by atoms with Gasteiger partial charge >= 0.3 is 0 Å². The Morgan fingerprint density at radius 1 is 1.37 bits per heavy atom. The van der Waals surface area contributed by atoms with Crippen LogP contribution in [0.1, 0.15) is 31.4 Å². The van der Waals surface area contributed by atoms with Crippen LogP contribution >= 0.6 is 23.2 Å². The summed E-state index contributed by atoms with van der Waals surface area (Å²) in [5, 5.41) is 13.6. The summed E-state index contributed by atoms with van der Waals surface area (Å²) in [7, 11) is 0. The first kappa shape index (κ1) is 16.0. The summed E-state index contributed by atoms with van der Waals surface area (Å²) >= 11 is 11.7. The maximum atomic E-state index is 11.6. The summed E-state index contributed by atoms with van der Waals surface area (Å²) < 4.78 is 0. The molecular weight excluding hydrogens is 285 g/mol. The van der Waals surface area contributed by atoms with Crippen molar-refractivity contribution < 1.29 is 9.90 Å². The van der Waals surface area contributed by atoms with Crippen molar-refractivity contribution in [2.24, 2.45) is 0 Å². The smallest absolute Gasteiger partial charge is 0.222 e. The van der Waals surface area contributed by atoms with E-state index in [2.05, 4.69) is 5.32 Å². The van der Waals surface area contributed by atoms with Gasteiger partial charge in [0.05, 0.1) is 12.5 Å². The molecule has 1 atom stereocenters. The van der Waals surface area contributed by atoms with Crippen LogP contribution in [0.5, 0.6) is 0 Å². The number of amides is 1. The Morgan fingerprint density at radius 2 is 2.00 bits per heavy atom. The van der Waals surface area contributed by atoms with Gasteiger partial charge in [0.25, 0.3) is 0 Å². The number of carbonyl (C=O) groups excluding carboxylic acids is 1. The summed E-state index contributed by atoms with van der Waals surface area (Å²) in [6, 6.07) is 4.78. The standard InChI is InChI=1S/C14H17Cl2NO2/c1-2-3-4-5-17-14(19)9-13(18)10-6-11(15)8-12(16)7-10/h2-3,6-8,13,18H,4-5,9H2,1H3,(H,17,19)/b3-2+. The molecule has 0 aliphatic rings. The van der Waals surface area contributed by atoms with E-state index in [1.54, 1.807) is 18.2 Å². The molecule has 0 heterocycles. The van der Waals surface area contributed by atoms with Crippen molar-refractivity contribution in [2.75, 3.05) is 6.54 Å². The van der Waals surface area contributed by atoms with Crippen molar-refractivity contribution in [1.29, 1.82) is 0 Å². The van der Waals surface area contributed by atoms with Crippen molar-refractivity contribution in [2.45, 2.75) is 25.9 Å². The average Bonchev–Trinajstić information content (AvgIpc) is 2.33. The minimum atomic E-state index is -0.905. The molecule has 1 aromatic carbocycles. The van der Waals surface area contributed by atoms with Gasteiger partial charge in [-0.25, -0.2) is 0 Å². The summed E-state index contributed by atoms with van der Waals surface area (Å²) in [6.45, 7) is 2.49. The van der Waals surface area contributed by atoms with Crippen molar-refractivity contribution in [3.8, 4) is 0 Å². The molecule has 0 saturated carbocycles. The van der Waals surface area contributed by atoms with Gasteiger partial charge in [-0.3, -0.25) is 4.79 Å². The molecule has 2 N–H and O–H groups in total. The van der Waals surface area contributed by atoms with Gasteiger partial charge in [0.2, 0.25) is 5.91 Å². The number of carbonyl (C=O) groups is 1. The van der Waals surface area contributed by atoms with Crippen molar-refractivity contribution in [1.82, 2.24) is 5.32 Å². The van der Waals surface area contributed by atoms with Crippen LogP contribution in [0.25, 0.3) is 0 Å². The van der Waals surface area contributed by atoms with Crippen molar-refractivity contribution in [3.63, 3.8) is 0 Å². The predicted octanol–water partition coefficient (Wildman–Crippen LogP) is 3.50. The van der Waals surface area contributed by atoms with E-state index in [1.807, 2.05) is 19.1 Å². The SMILES string of the molecule is C/C=C/CCNC(=O)CC(O)c1cc(Cl)cc(Cl)c1. The highest BCUT2D eigenvalue weighted by atomic mass is 35.5. The normalized spacial score (nSPS) is 12.6. The van der Waals surface area contributed by atoms with E-state index in [4.69, 9.17) is 23.2 Å². The number of aliphatic hydroxyl groups excluding tert-OH is 1. The third-order valence-electron chi connectivity index (χ3n) is 2.52. The first-order chi connectivity index (χ1) is 9.02. The van der Waals surface area contributed by atoms with Crippen LogP contribution in [0.4, 0.5) is 0 Å². The highest BCUT2D eigenvalue weighted by Crippen LogP contribution is 2.25. The second-order valence-corrected chi connectivity index (χ2v) is 5.00. The molecule has 3 nitrogen and oxygen atoms in total. The third kappa shape index (κ3) is 6.10. The van der Waals surface area contributed by atoms with Crippen LogP contribution in [0.15, 0.2) is 30.4 Å². The van der Waals surface area contributed by atoms with Crippen molar-refractivity contribution >= 4 is 29.1 Å². The van der Waals surface area contributed by atoms with Gasteiger partial charge in [0.1, 0.15) is 0 Å². The number of halogens is 2. The van der Waals surface area contributed by atoms with Gasteiger partial charge in [0.15, 0.2) is 0 Å². The fraction of sp³-hybridized carbons (Fsp3) is 0.357. The quantitative estimate of drug-likeness (QED) is 0.624. The predicted molar refractivity (Wildman–Crippen MR) is 78.5 cm³/mol. The Labute approximate surface area is 123 Å². The van der Waals surface area contributed by atoms with E-state index in [0.717, 1.165) is 6.42 Å². The van der Waals surface area contributed by atoms with E-state index >= 15 is 0 Å². The molecule has 0 fully saturated rings. The lowest BCUT2D eigenvalue weighted by atomic mass is 10.1. The molecule has 19 heavy (non-hydrogen) atoms. The first-order valence-electron chi connectivity index (χ1n) is 6.05. The summed E-state index contributed by atoms with van der Waals surface area (Å²) in [4.78, 5) is 11.6. The van der Waals surface area contributed by atoms with Gasteiger partial charge in [-0.2, -0.15) is 0 Å². The lowest BCUT2D eigenvalue weighted by molar-refractivity contribution is -0.123. The highest BCUT2D eigenvalue weighted by molar-refractivity contribution is 6.34. The number of benzene rings is 1. The Balaban J connectivity index is 2.49. The number of hydrogen-bond donors (Lipinski definition) is 2. The molecule has 1 unspecified atom stereocenters. The number of hydrogen-bond acceptors (Lipinski definition) is 2. The van der Waals surface area contributed by atoms with Crippen molar-refractivity contribution in [3.05, 3.63) is 46.0 Å². The number of rotatable bonds is 6. The van der Waals surface area contributed by atoms with Crippen LogP contribution in [-0.4, -0.2) is 17.6 Å². The molecule has 1 rings (SSSR count). The van der Waals surface area contributed by atoms with Crippen LogP contribution in [0.3, 0.4) is 0 Å². The highest BCUT2D eigenvalue weighted by Gasteiger charge is 2.13. The average molecular weight is 302 g/mol. The number of allylic oxidation sites excluding steroid dienone is 1. The van der Waals surface area contributed by atoms with Crippen LogP contribution in [-0.2, 0) is 4.79 Å². The molecule has 0 bridgehead atoms. The lowest BCUT2D eigenvalue weighted by Gasteiger charge is -2.12. The zero-order valence-electron chi connectivity index (χ0n) is 10.7. The second-order valence-electron chi connectivity index (χ2n) is 4.13. The molecule has 0 spiro atoms. The van der Waals surface area contributed by atoms with Gasteiger partial charge < -0.3 is 10.4 Å². The summed E-state index contributed by atoms with van der Waals surface area (Å²) in [5.41, 5.74) is 0.543. The minimum absolute atomic E-state index is 0.00743. The van der Waals surface area contributed by atoms with E-state index in [-0.39, 0.29) is 12.3 Å². The fourth-order valence-corrected chi connectivity index (χ4v) is 2.14. The Morgan fingerprint density at radius 3 is 2.58 bits per heavy atom. The molecule has 0 aliphatic heterocycles. The lowest BCUT2D eigenvalue weighted by Crippen LogP contribution is -2.25. The fourth-order valence-electron chi connectivity index (χ4n) is 1.59. The number of nitrogens with one attached hydrogen (secondary N) is 1. The maximum absolute atomic E-state index is 11.6. The van der Waals surface area contributed by atoms with Gasteiger partial charge in [-0.15, -0.1) is 0 Å². The summed E-state index contributed by atoms with van der Waals surface area (Å²) in [5.74, 6) is -0.201. The Bertz CT molecular complexity index is 441. The molecular formula is C14H17Cl2NO2. The topological polar surface area (TPSA) is 49.3 Å². The van der Waals surface area contributed by atoms with Crippen LogP contribution < -0.4 is 5.32 Å². The van der Waals surface area contributed by atoms with E-state index in [9.17, 15) is 9.90 Å². The van der Waals surface area contributed by atoms with Crippen LogP contribution in [0.2, 0.25) is 10.0 Å². The van der Waals surface area contributed by atoms with Crippen LogP contribution in [0, 0.1) is 0 Å². The molecule has 1 amide bonds. The molecule has 1 aromatic rings. The van der Waals surface area contributed by atoms with E-state index in [1.165, 1.54) is 0 Å². The van der Waals surface area contributed by atoms with E-state index in [0.29, 0.717) is 22.2 Å². The Kier molecular flexibility index (Phi) is 6.92. The molecule has 5 heteroatoms. The minimum Gasteiger partial charge on any atom is -0.388 e. The molecule has 0 aromatic heterocycles. The third-order valence-corrected chi connectivity index (χ3v) is 2.95. The Hall–Kier alpha value is -1.03. The molecule has 0 saturated heterocycles. The second kappa shape index (κ2) is 8.20. The van der Waals surface area contributed by atoms with E-state index < -0.39 is 6.10 Å². The zero-order valence-corrected chi connectivity index (χ0v) is 12.2. The summed E-state index contributed by atoms with van der Waals surface area (Å²) in [6.07, 6.45) is 3.76. The first-order valence-corrected chi connectivity index (χ1v) is 6.80. The molecule has 0 radical (unpaired) electrons. The zero-order chi connectivity index (χ0) is 14.3. The van der Waals surface area contributed by atoms with Gasteiger partial charge in [0, 0.05) is 16.6 Å².